The van der Waals surface area contributed by atoms with Gasteiger partial charge in [-0.15, -0.1) is 0 Å². The molecule has 1 aromatic heterocycles. The average Bonchev–Trinajstić information content (AvgIpc) is 3.17. The Hall–Kier alpha value is -3.54. The maximum Gasteiger partial charge on any atom is 0.255 e. The summed E-state index contributed by atoms with van der Waals surface area (Å²) < 4.78 is 14.3. The van der Waals surface area contributed by atoms with Crippen LogP contribution in [0.5, 0.6) is 0 Å². The van der Waals surface area contributed by atoms with E-state index in [0.29, 0.717) is 35.1 Å². The third-order valence-electron chi connectivity index (χ3n) is 5.32. The summed E-state index contributed by atoms with van der Waals surface area (Å²) in [5.41, 5.74) is 8.02. The minimum Gasteiger partial charge on any atom is -0.368 e. The number of nitrogens with two attached hydrogens (primary N) is 1. The van der Waals surface area contributed by atoms with Crippen molar-refractivity contribution in [2.45, 2.75) is 24.9 Å². The number of hydrogen-bond acceptors (Lipinski definition) is 3. The number of nitrogens with zero attached hydrogens (tertiary/aromatic N) is 2. The van der Waals surface area contributed by atoms with Crippen molar-refractivity contribution in [1.82, 2.24) is 9.88 Å². The molecule has 0 spiro atoms. The van der Waals surface area contributed by atoms with E-state index in [4.69, 9.17) is 5.73 Å². The van der Waals surface area contributed by atoms with Crippen molar-refractivity contribution in [1.29, 1.82) is 0 Å². The van der Waals surface area contributed by atoms with Gasteiger partial charge in [0.05, 0.1) is 6.04 Å². The first-order chi connectivity index (χ1) is 14.1. The van der Waals surface area contributed by atoms with E-state index in [0.717, 1.165) is 0 Å². The predicted molar refractivity (Wildman–Crippen MR) is 106 cm³/mol. The second kappa shape index (κ2) is 7.83. The molecule has 3 aromatic rings. The first-order valence-electron chi connectivity index (χ1n) is 9.42. The highest BCUT2D eigenvalue weighted by molar-refractivity contribution is 5.98. The molecule has 0 saturated heterocycles. The monoisotopic (exact) mass is 389 g/mol. The summed E-state index contributed by atoms with van der Waals surface area (Å²) >= 11 is 0. The molecule has 0 fully saturated rings. The SMILES string of the molecule is NC(=O)[C@@H](c1cccnc1)N(C(=O)c1ccccc1)[C@@H]1CCc2c(F)cccc21. The van der Waals surface area contributed by atoms with Gasteiger partial charge in [-0.05, 0) is 48.2 Å². The lowest BCUT2D eigenvalue weighted by Gasteiger charge is -2.35. The second-order valence-corrected chi connectivity index (χ2v) is 7.03. The first kappa shape index (κ1) is 18.8. The van der Waals surface area contributed by atoms with E-state index in [-0.39, 0.29) is 11.7 Å². The molecule has 2 atom stereocenters. The number of carbonyl (C=O) groups is 2. The van der Waals surface area contributed by atoms with E-state index in [2.05, 4.69) is 4.98 Å². The van der Waals surface area contributed by atoms with E-state index in [1.54, 1.807) is 48.7 Å². The van der Waals surface area contributed by atoms with E-state index < -0.39 is 18.0 Å². The smallest absolute Gasteiger partial charge is 0.255 e. The van der Waals surface area contributed by atoms with Gasteiger partial charge in [-0.2, -0.15) is 0 Å². The normalized spacial score (nSPS) is 16.1. The molecule has 1 heterocycles. The lowest BCUT2D eigenvalue weighted by atomic mass is 9.99. The van der Waals surface area contributed by atoms with Crippen LogP contribution in [0.1, 0.15) is 45.6 Å². The zero-order chi connectivity index (χ0) is 20.4. The quantitative estimate of drug-likeness (QED) is 0.725. The van der Waals surface area contributed by atoms with Crippen LogP contribution < -0.4 is 5.73 Å². The van der Waals surface area contributed by atoms with Gasteiger partial charge in [0.15, 0.2) is 0 Å². The van der Waals surface area contributed by atoms with Crippen LogP contribution in [0.25, 0.3) is 0 Å². The molecule has 5 nitrogen and oxygen atoms in total. The van der Waals surface area contributed by atoms with Crippen molar-refractivity contribution in [3.05, 3.63) is 101 Å². The summed E-state index contributed by atoms with van der Waals surface area (Å²) in [5.74, 6) is -1.29. The molecule has 2 N–H and O–H groups in total. The third-order valence-corrected chi connectivity index (χ3v) is 5.32. The topological polar surface area (TPSA) is 76.3 Å². The number of pyridine rings is 1. The van der Waals surface area contributed by atoms with Gasteiger partial charge in [0.25, 0.3) is 5.91 Å². The van der Waals surface area contributed by atoms with Crippen LogP contribution in [0.3, 0.4) is 0 Å². The highest BCUT2D eigenvalue weighted by atomic mass is 19.1. The number of benzene rings is 2. The van der Waals surface area contributed by atoms with Gasteiger partial charge in [-0.1, -0.05) is 36.4 Å². The van der Waals surface area contributed by atoms with Crippen LogP contribution in [-0.4, -0.2) is 21.7 Å². The highest BCUT2D eigenvalue weighted by Crippen LogP contribution is 2.41. The Morgan fingerprint density at radius 3 is 2.55 bits per heavy atom. The number of hydrogen-bond donors (Lipinski definition) is 1. The van der Waals surface area contributed by atoms with Crippen molar-refractivity contribution in [2.75, 3.05) is 0 Å². The molecule has 146 valence electrons. The number of aromatic nitrogens is 1. The Labute approximate surface area is 168 Å². The van der Waals surface area contributed by atoms with Gasteiger partial charge >= 0.3 is 0 Å². The van der Waals surface area contributed by atoms with E-state index in [1.165, 1.54) is 17.2 Å². The molecule has 1 aliphatic carbocycles. The van der Waals surface area contributed by atoms with Crippen molar-refractivity contribution < 1.29 is 14.0 Å². The summed E-state index contributed by atoms with van der Waals surface area (Å²) in [7, 11) is 0. The van der Waals surface area contributed by atoms with Crippen molar-refractivity contribution >= 4 is 11.8 Å². The Balaban J connectivity index is 1.86. The number of rotatable bonds is 5. The van der Waals surface area contributed by atoms with Crippen molar-refractivity contribution in [2.24, 2.45) is 5.73 Å². The van der Waals surface area contributed by atoms with Crippen LogP contribution in [-0.2, 0) is 11.2 Å². The Morgan fingerprint density at radius 2 is 1.86 bits per heavy atom. The van der Waals surface area contributed by atoms with Gasteiger partial charge in [0.1, 0.15) is 11.9 Å². The fourth-order valence-corrected chi connectivity index (χ4v) is 4.04. The van der Waals surface area contributed by atoms with Crippen LogP contribution in [0.2, 0.25) is 0 Å². The Bertz CT molecular complexity index is 1040. The molecule has 0 saturated carbocycles. The largest absolute Gasteiger partial charge is 0.368 e. The van der Waals surface area contributed by atoms with Gasteiger partial charge in [0, 0.05) is 23.5 Å². The summed E-state index contributed by atoms with van der Waals surface area (Å²) in [5, 5.41) is 0. The van der Waals surface area contributed by atoms with Gasteiger partial charge < -0.3 is 10.6 Å². The van der Waals surface area contributed by atoms with Crippen LogP contribution in [0.4, 0.5) is 4.39 Å². The number of amides is 2. The standard InChI is InChI=1S/C23H20FN3O2/c24-19-10-4-9-18-17(19)11-12-20(18)27(23(29)15-6-2-1-3-7-15)21(22(25)28)16-8-5-13-26-14-16/h1-10,13-14,20-21H,11-12H2,(H2,25,28)/t20-,21-/m1/s1. The number of primary amides is 1. The molecule has 2 amide bonds. The van der Waals surface area contributed by atoms with E-state index >= 15 is 0 Å². The minimum atomic E-state index is -1.02. The van der Waals surface area contributed by atoms with Crippen LogP contribution in [0, 0.1) is 5.82 Å². The van der Waals surface area contributed by atoms with E-state index in [1.807, 2.05) is 12.1 Å². The molecular formula is C23H20FN3O2. The average molecular weight is 389 g/mol. The number of fused-ring (bicyclic) bond motifs is 1. The van der Waals surface area contributed by atoms with E-state index in [9.17, 15) is 14.0 Å². The molecule has 2 aromatic carbocycles. The first-order valence-corrected chi connectivity index (χ1v) is 9.42. The summed E-state index contributed by atoms with van der Waals surface area (Å²) in [6, 6.07) is 15.5. The fraction of sp³-hybridized carbons (Fsp3) is 0.174. The highest BCUT2D eigenvalue weighted by Gasteiger charge is 2.40. The molecule has 29 heavy (non-hydrogen) atoms. The third kappa shape index (κ3) is 3.49. The zero-order valence-electron chi connectivity index (χ0n) is 15.7. The maximum atomic E-state index is 14.3. The predicted octanol–water partition coefficient (Wildman–Crippen LogP) is 3.58. The molecule has 0 radical (unpaired) electrons. The molecular weight excluding hydrogens is 369 g/mol. The molecule has 4 rings (SSSR count). The molecule has 0 bridgehead atoms. The lowest BCUT2D eigenvalue weighted by molar-refractivity contribution is -0.123. The molecule has 0 unspecified atom stereocenters. The number of halogens is 1. The van der Waals surface area contributed by atoms with Crippen LogP contribution >= 0.6 is 0 Å². The lowest BCUT2D eigenvalue weighted by Crippen LogP contribution is -2.43. The summed E-state index contributed by atoms with van der Waals surface area (Å²) in [6.07, 6.45) is 4.12. The maximum absolute atomic E-state index is 14.3. The van der Waals surface area contributed by atoms with Crippen LogP contribution in [0.15, 0.2) is 73.1 Å². The minimum absolute atomic E-state index is 0.297. The molecule has 6 heteroatoms. The number of carbonyl (C=O) groups excluding carboxylic acids is 2. The Kier molecular flexibility index (Phi) is 5.08. The second-order valence-electron chi connectivity index (χ2n) is 7.03. The zero-order valence-corrected chi connectivity index (χ0v) is 15.7. The van der Waals surface area contributed by atoms with Crippen molar-refractivity contribution in [3.8, 4) is 0 Å². The summed E-state index contributed by atoms with van der Waals surface area (Å²) in [4.78, 5) is 31.7. The van der Waals surface area contributed by atoms with Gasteiger partial charge in [-0.3, -0.25) is 14.6 Å². The molecule has 1 aliphatic rings. The molecule has 0 aliphatic heterocycles. The fourth-order valence-electron chi connectivity index (χ4n) is 4.04. The van der Waals surface area contributed by atoms with Gasteiger partial charge in [-0.25, -0.2) is 4.39 Å². The van der Waals surface area contributed by atoms with Crippen molar-refractivity contribution in [3.63, 3.8) is 0 Å². The Morgan fingerprint density at radius 1 is 1.07 bits per heavy atom. The summed E-state index contributed by atoms with van der Waals surface area (Å²) in [6.45, 7) is 0. The van der Waals surface area contributed by atoms with Gasteiger partial charge in [0.2, 0.25) is 5.91 Å².